The van der Waals surface area contributed by atoms with Crippen LogP contribution in [0, 0.1) is 0 Å². The van der Waals surface area contributed by atoms with Gasteiger partial charge in [0.2, 0.25) is 0 Å². The van der Waals surface area contributed by atoms with E-state index in [1.54, 1.807) is 24.3 Å². The number of ether oxygens (including phenoxy) is 1. The molecule has 0 aliphatic carbocycles. The first-order chi connectivity index (χ1) is 17.6. The van der Waals surface area contributed by atoms with E-state index in [2.05, 4.69) is 32.7 Å². The molecular formula is C28H27N5O3. The first-order valence-corrected chi connectivity index (χ1v) is 11.9. The fraction of sp³-hybridized carbons (Fsp3) is 0.214. The summed E-state index contributed by atoms with van der Waals surface area (Å²) in [4.78, 5) is 28.5. The minimum absolute atomic E-state index is 0.153. The van der Waals surface area contributed by atoms with Gasteiger partial charge in [-0.15, -0.1) is 0 Å². The minimum Gasteiger partial charge on any atom is -0.378 e. The third kappa shape index (κ3) is 5.04. The molecule has 0 atom stereocenters. The zero-order chi connectivity index (χ0) is 24.9. The molecule has 36 heavy (non-hydrogen) atoms. The number of carbonyl (C=O) groups excluding carboxylic acids is 1. The van der Waals surface area contributed by atoms with Crippen LogP contribution in [0.15, 0.2) is 88.8 Å². The molecule has 1 aliphatic rings. The van der Waals surface area contributed by atoms with E-state index in [1.807, 2.05) is 49.4 Å². The fourth-order valence-electron chi connectivity index (χ4n) is 4.25. The van der Waals surface area contributed by atoms with Crippen LogP contribution < -0.4 is 15.9 Å². The number of amides is 1. The maximum Gasteiger partial charge on any atom is 0.292 e. The number of hydrogen-bond acceptors (Lipinski definition) is 6. The second kappa shape index (κ2) is 10.5. The number of fused-ring (bicyclic) bond motifs is 1. The van der Waals surface area contributed by atoms with Crippen LogP contribution in [0.2, 0.25) is 0 Å². The summed E-state index contributed by atoms with van der Waals surface area (Å²) in [5.74, 6) is -0.475. The number of hydrogen-bond donors (Lipinski definition) is 1. The Kier molecular flexibility index (Phi) is 6.86. The van der Waals surface area contributed by atoms with Crippen LogP contribution in [0.4, 0.5) is 5.69 Å². The van der Waals surface area contributed by atoms with Crippen LogP contribution in [0.3, 0.4) is 0 Å². The Labute approximate surface area is 208 Å². The molecule has 0 saturated carbocycles. The summed E-state index contributed by atoms with van der Waals surface area (Å²) in [7, 11) is 0. The summed E-state index contributed by atoms with van der Waals surface area (Å²) < 4.78 is 6.75. The highest BCUT2D eigenvalue weighted by Crippen LogP contribution is 2.17. The molecule has 8 heteroatoms. The predicted molar refractivity (Wildman–Crippen MR) is 141 cm³/mol. The van der Waals surface area contributed by atoms with E-state index in [-0.39, 0.29) is 17.8 Å². The normalized spacial score (nSPS) is 14.1. The van der Waals surface area contributed by atoms with Gasteiger partial charge in [0.15, 0.2) is 5.69 Å². The van der Waals surface area contributed by atoms with Crippen molar-refractivity contribution in [2.24, 2.45) is 5.10 Å². The third-order valence-electron chi connectivity index (χ3n) is 6.24. The van der Waals surface area contributed by atoms with Crippen molar-refractivity contribution in [3.63, 3.8) is 0 Å². The number of nitrogens with zero attached hydrogens (tertiary/aromatic N) is 4. The highest BCUT2D eigenvalue weighted by Gasteiger charge is 2.17. The Morgan fingerprint density at radius 1 is 0.944 bits per heavy atom. The maximum atomic E-state index is 13.2. The van der Waals surface area contributed by atoms with Gasteiger partial charge in [0.1, 0.15) is 0 Å². The van der Waals surface area contributed by atoms with E-state index in [1.165, 1.54) is 4.68 Å². The number of morpholine rings is 1. The molecule has 0 unspecified atom stereocenters. The number of anilines is 1. The van der Waals surface area contributed by atoms with Gasteiger partial charge in [-0.05, 0) is 36.2 Å². The van der Waals surface area contributed by atoms with Gasteiger partial charge in [0.05, 0.1) is 30.9 Å². The van der Waals surface area contributed by atoms with Crippen LogP contribution in [0.25, 0.3) is 10.8 Å². The summed E-state index contributed by atoms with van der Waals surface area (Å²) in [6.07, 6.45) is 0. The molecule has 0 spiro atoms. The third-order valence-corrected chi connectivity index (χ3v) is 6.24. The Hall–Kier alpha value is -4.30. The summed E-state index contributed by atoms with van der Waals surface area (Å²) in [5.41, 5.74) is 6.15. The highest BCUT2D eigenvalue weighted by molar-refractivity contribution is 6.06. The number of rotatable bonds is 6. The Morgan fingerprint density at radius 3 is 2.33 bits per heavy atom. The Morgan fingerprint density at radius 2 is 1.61 bits per heavy atom. The van der Waals surface area contributed by atoms with Crippen molar-refractivity contribution in [1.29, 1.82) is 0 Å². The lowest BCUT2D eigenvalue weighted by atomic mass is 10.1. The first-order valence-electron chi connectivity index (χ1n) is 11.9. The van der Waals surface area contributed by atoms with Crippen LogP contribution in [0.1, 0.15) is 28.5 Å². The number of nitrogens with one attached hydrogen (secondary N) is 1. The van der Waals surface area contributed by atoms with Gasteiger partial charge in [-0.3, -0.25) is 9.59 Å². The average molecular weight is 482 g/mol. The van der Waals surface area contributed by atoms with Crippen molar-refractivity contribution in [3.05, 3.63) is 106 Å². The maximum absolute atomic E-state index is 13.2. The lowest BCUT2D eigenvalue weighted by Crippen LogP contribution is -2.36. The Balaban J connectivity index is 1.38. The standard InChI is InChI=1S/C28H27N5O3/c1-20(22-11-13-23(14-12-22)32-15-17-36-18-16-32)29-30-27(34)26-24-9-5-6-10-25(24)28(35)33(31-26)19-21-7-3-2-4-8-21/h2-14H,15-19H2,1H3,(H,30,34)/b29-20-. The molecule has 1 saturated heterocycles. The largest absolute Gasteiger partial charge is 0.378 e. The molecule has 1 aliphatic heterocycles. The van der Waals surface area contributed by atoms with Gasteiger partial charge >= 0.3 is 0 Å². The fourth-order valence-corrected chi connectivity index (χ4v) is 4.25. The minimum atomic E-state index is -0.475. The van der Waals surface area contributed by atoms with Gasteiger partial charge < -0.3 is 9.64 Å². The second-order valence-corrected chi connectivity index (χ2v) is 8.63. The summed E-state index contributed by atoms with van der Waals surface area (Å²) in [6.45, 7) is 5.31. The molecule has 3 aromatic carbocycles. The second-order valence-electron chi connectivity index (χ2n) is 8.63. The molecule has 8 nitrogen and oxygen atoms in total. The van der Waals surface area contributed by atoms with Gasteiger partial charge in [-0.1, -0.05) is 60.7 Å². The molecule has 2 heterocycles. The van der Waals surface area contributed by atoms with Crippen LogP contribution in [0.5, 0.6) is 0 Å². The van der Waals surface area contributed by atoms with Crippen molar-refractivity contribution in [1.82, 2.24) is 15.2 Å². The van der Waals surface area contributed by atoms with E-state index in [0.717, 1.165) is 43.1 Å². The summed E-state index contributed by atoms with van der Waals surface area (Å²) in [5, 5.41) is 9.66. The van der Waals surface area contributed by atoms with Gasteiger partial charge in [-0.25, -0.2) is 10.1 Å². The molecule has 1 N–H and O–H groups in total. The molecule has 182 valence electrons. The molecule has 5 rings (SSSR count). The van der Waals surface area contributed by atoms with Crippen LogP contribution >= 0.6 is 0 Å². The Bertz CT molecular complexity index is 1460. The number of hydrazone groups is 1. The molecular weight excluding hydrogens is 454 g/mol. The molecule has 0 radical (unpaired) electrons. The zero-order valence-corrected chi connectivity index (χ0v) is 20.1. The molecule has 1 fully saturated rings. The highest BCUT2D eigenvalue weighted by atomic mass is 16.5. The van der Waals surface area contributed by atoms with Crippen molar-refractivity contribution in [3.8, 4) is 0 Å². The van der Waals surface area contributed by atoms with E-state index in [4.69, 9.17) is 4.74 Å². The van der Waals surface area contributed by atoms with Gasteiger partial charge in [-0.2, -0.15) is 10.2 Å². The first kappa shape index (κ1) is 23.4. The number of carbonyl (C=O) groups is 1. The molecule has 1 aromatic heterocycles. The van der Waals surface area contributed by atoms with Crippen molar-refractivity contribution in [2.75, 3.05) is 31.2 Å². The van der Waals surface area contributed by atoms with Gasteiger partial charge in [0, 0.05) is 24.2 Å². The van der Waals surface area contributed by atoms with Crippen molar-refractivity contribution in [2.45, 2.75) is 13.5 Å². The lowest BCUT2D eigenvalue weighted by molar-refractivity contribution is 0.0949. The molecule has 1 amide bonds. The quantitative estimate of drug-likeness (QED) is 0.337. The smallest absolute Gasteiger partial charge is 0.292 e. The molecule has 4 aromatic rings. The number of aromatic nitrogens is 2. The number of benzene rings is 3. The van der Waals surface area contributed by atoms with E-state index in [0.29, 0.717) is 16.5 Å². The van der Waals surface area contributed by atoms with E-state index < -0.39 is 5.91 Å². The predicted octanol–water partition coefficient (Wildman–Crippen LogP) is 3.44. The van der Waals surface area contributed by atoms with Crippen LogP contribution in [-0.2, 0) is 11.3 Å². The SMILES string of the molecule is C/C(=N/NC(=O)c1nn(Cc2ccccc2)c(=O)c2ccccc12)c1ccc(N2CCOCC2)cc1. The van der Waals surface area contributed by atoms with Crippen molar-refractivity contribution >= 4 is 28.1 Å². The average Bonchev–Trinajstić information content (AvgIpc) is 2.94. The topological polar surface area (TPSA) is 88.8 Å². The monoisotopic (exact) mass is 481 g/mol. The van der Waals surface area contributed by atoms with E-state index in [9.17, 15) is 9.59 Å². The zero-order valence-electron chi connectivity index (χ0n) is 20.1. The van der Waals surface area contributed by atoms with E-state index >= 15 is 0 Å². The summed E-state index contributed by atoms with van der Waals surface area (Å²) >= 11 is 0. The van der Waals surface area contributed by atoms with Crippen LogP contribution in [-0.4, -0.2) is 47.7 Å². The lowest BCUT2D eigenvalue weighted by Gasteiger charge is -2.28. The van der Waals surface area contributed by atoms with Crippen molar-refractivity contribution < 1.29 is 9.53 Å². The molecule has 0 bridgehead atoms. The summed E-state index contributed by atoms with van der Waals surface area (Å²) in [6, 6.07) is 24.6. The van der Waals surface area contributed by atoms with Gasteiger partial charge in [0.25, 0.3) is 11.5 Å².